The lowest BCUT2D eigenvalue weighted by Gasteiger charge is -2.23. The number of rotatable bonds is 6. The van der Waals surface area contributed by atoms with Gasteiger partial charge in [-0.1, -0.05) is 6.07 Å². The van der Waals surface area contributed by atoms with Crippen molar-refractivity contribution >= 4 is 34.0 Å². The highest BCUT2D eigenvalue weighted by Crippen LogP contribution is 2.34. The van der Waals surface area contributed by atoms with Crippen molar-refractivity contribution in [1.29, 1.82) is 0 Å². The van der Waals surface area contributed by atoms with Crippen molar-refractivity contribution in [2.45, 2.75) is 13.0 Å². The number of aromatic nitrogens is 1. The molecule has 0 radical (unpaired) electrons. The fraction of sp³-hybridized carbons (Fsp3) is 0.190. The van der Waals surface area contributed by atoms with E-state index in [0.29, 0.717) is 33.8 Å². The van der Waals surface area contributed by atoms with Gasteiger partial charge in [-0.2, -0.15) is 0 Å². The molecular formula is C21H19N3O5S. The zero-order valence-corrected chi connectivity index (χ0v) is 17.1. The van der Waals surface area contributed by atoms with Crippen LogP contribution in [0.4, 0.5) is 10.8 Å². The Balaban J connectivity index is 1.39. The molecule has 2 amide bonds. The lowest BCUT2D eigenvalue weighted by atomic mass is 10.1. The van der Waals surface area contributed by atoms with Gasteiger partial charge < -0.3 is 19.5 Å². The van der Waals surface area contributed by atoms with Gasteiger partial charge in [0.1, 0.15) is 17.2 Å². The van der Waals surface area contributed by atoms with Gasteiger partial charge in [-0.15, -0.1) is 11.3 Å². The molecule has 0 bridgehead atoms. The van der Waals surface area contributed by atoms with E-state index in [2.05, 4.69) is 15.6 Å². The molecule has 154 valence electrons. The van der Waals surface area contributed by atoms with Gasteiger partial charge in [0.2, 0.25) is 0 Å². The average Bonchev–Trinajstić information content (AvgIpc) is 3.21. The molecule has 0 saturated heterocycles. The zero-order valence-electron chi connectivity index (χ0n) is 16.3. The predicted octanol–water partition coefficient (Wildman–Crippen LogP) is 3.56. The number of thiazole rings is 1. The number of ether oxygens (including phenoxy) is 3. The first kappa shape index (κ1) is 19.7. The number of benzene rings is 2. The minimum absolute atomic E-state index is 0.150. The van der Waals surface area contributed by atoms with Gasteiger partial charge in [-0.05, 0) is 37.3 Å². The highest BCUT2D eigenvalue weighted by atomic mass is 32.1. The van der Waals surface area contributed by atoms with Crippen molar-refractivity contribution in [2.24, 2.45) is 0 Å². The molecule has 8 nitrogen and oxygen atoms in total. The van der Waals surface area contributed by atoms with E-state index in [9.17, 15) is 9.59 Å². The highest BCUT2D eigenvalue weighted by Gasteiger charge is 2.24. The molecule has 0 fully saturated rings. The maximum Gasteiger partial charge on any atom is 0.265 e. The smallest absolute Gasteiger partial charge is 0.265 e. The summed E-state index contributed by atoms with van der Waals surface area (Å²) in [7, 11) is 1.57. The number of nitrogens with one attached hydrogen (secondary N) is 2. The van der Waals surface area contributed by atoms with Crippen molar-refractivity contribution < 1.29 is 23.8 Å². The zero-order chi connectivity index (χ0) is 21.1. The second-order valence-corrected chi connectivity index (χ2v) is 7.37. The van der Waals surface area contributed by atoms with Crippen LogP contribution in [0.15, 0.2) is 47.8 Å². The van der Waals surface area contributed by atoms with E-state index in [4.69, 9.17) is 14.2 Å². The Morgan fingerprint density at radius 3 is 2.93 bits per heavy atom. The third-order valence-electron chi connectivity index (χ3n) is 4.37. The van der Waals surface area contributed by atoms with E-state index in [1.807, 2.05) is 11.4 Å². The van der Waals surface area contributed by atoms with Crippen LogP contribution in [0.2, 0.25) is 0 Å². The molecule has 0 aliphatic carbocycles. The van der Waals surface area contributed by atoms with Crippen molar-refractivity contribution in [2.75, 3.05) is 24.4 Å². The SMILES string of the molecule is COc1cccc(OCC(=O)Nc2nc(-c3ccc4c(c3)NC(=O)C(C)O4)cs2)c1. The van der Waals surface area contributed by atoms with E-state index in [0.717, 1.165) is 5.56 Å². The summed E-state index contributed by atoms with van der Waals surface area (Å²) in [5, 5.41) is 7.82. The number of anilines is 2. The van der Waals surface area contributed by atoms with E-state index in [1.165, 1.54) is 11.3 Å². The Morgan fingerprint density at radius 1 is 1.27 bits per heavy atom. The van der Waals surface area contributed by atoms with Crippen LogP contribution >= 0.6 is 11.3 Å². The Bertz CT molecular complexity index is 1100. The number of carbonyl (C=O) groups is 2. The first-order valence-corrected chi connectivity index (χ1v) is 10.0. The lowest BCUT2D eigenvalue weighted by molar-refractivity contribution is -0.122. The summed E-state index contributed by atoms with van der Waals surface area (Å²) in [6.45, 7) is 1.54. The summed E-state index contributed by atoms with van der Waals surface area (Å²) >= 11 is 1.30. The maximum absolute atomic E-state index is 12.2. The topological polar surface area (TPSA) is 98.8 Å². The number of nitrogens with zero attached hydrogens (tertiary/aromatic N) is 1. The predicted molar refractivity (Wildman–Crippen MR) is 113 cm³/mol. The number of methoxy groups -OCH3 is 1. The Kier molecular flexibility index (Phi) is 5.53. The van der Waals surface area contributed by atoms with Crippen LogP contribution in [-0.4, -0.2) is 36.6 Å². The third-order valence-corrected chi connectivity index (χ3v) is 5.13. The molecule has 0 saturated carbocycles. The van der Waals surface area contributed by atoms with Gasteiger partial charge >= 0.3 is 0 Å². The van der Waals surface area contributed by atoms with Gasteiger partial charge in [-0.3, -0.25) is 14.9 Å². The second-order valence-electron chi connectivity index (χ2n) is 6.51. The summed E-state index contributed by atoms with van der Waals surface area (Å²) in [5.41, 5.74) is 2.08. The minimum Gasteiger partial charge on any atom is -0.497 e. The van der Waals surface area contributed by atoms with Crippen LogP contribution in [-0.2, 0) is 9.59 Å². The summed E-state index contributed by atoms with van der Waals surface area (Å²) in [6.07, 6.45) is -0.524. The van der Waals surface area contributed by atoms with Crippen LogP contribution in [0, 0.1) is 0 Å². The number of amides is 2. The van der Waals surface area contributed by atoms with Gasteiger partial charge in [0.15, 0.2) is 17.8 Å². The molecule has 0 spiro atoms. The number of fused-ring (bicyclic) bond motifs is 1. The quantitative estimate of drug-likeness (QED) is 0.627. The fourth-order valence-electron chi connectivity index (χ4n) is 2.83. The number of hydrogen-bond acceptors (Lipinski definition) is 7. The fourth-order valence-corrected chi connectivity index (χ4v) is 3.56. The van der Waals surface area contributed by atoms with E-state index in [1.54, 1.807) is 50.4 Å². The lowest BCUT2D eigenvalue weighted by Crippen LogP contribution is -2.34. The molecule has 2 N–H and O–H groups in total. The van der Waals surface area contributed by atoms with E-state index in [-0.39, 0.29) is 18.4 Å². The monoisotopic (exact) mass is 425 g/mol. The Hall–Kier alpha value is -3.59. The minimum atomic E-state index is -0.524. The first-order chi connectivity index (χ1) is 14.5. The van der Waals surface area contributed by atoms with Crippen LogP contribution in [0.3, 0.4) is 0 Å². The van der Waals surface area contributed by atoms with E-state index >= 15 is 0 Å². The molecule has 3 aromatic rings. The Morgan fingerprint density at radius 2 is 2.10 bits per heavy atom. The molecule has 30 heavy (non-hydrogen) atoms. The van der Waals surface area contributed by atoms with Crippen LogP contribution in [0.5, 0.6) is 17.2 Å². The van der Waals surface area contributed by atoms with E-state index < -0.39 is 6.10 Å². The van der Waals surface area contributed by atoms with Crippen LogP contribution in [0.1, 0.15) is 6.92 Å². The van der Waals surface area contributed by atoms with Crippen LogP contribution < -0.4 is 24.8 Å². The maximum atomic E-state index is 12.2. The number of hydrogen-bond donors (Lipinski definition) is 2. The molecular weight excluding hydrogens is 406 g/mol. The van der Waals surface area contributed by atoms with Crippen molar-refractivity contribution in [3.63, 3.8) is 0 Å². The van der Waals surface area contributed by atoms with Crippen molar-refractivity contribution in [3.8, 4) is 28.5 Å². The van der Waals surface area contributed by atoms with Crippen LogP contribution in [0.25, 0.3) is 11.3 Å². The van der Waals surface area contributed by atoms with Crippen molar-refractivity contribution in [3.05, 3.63) is 47.8 Å². The van der Waals surface area contributed by atoms with Gasteiger partial charge in [0.25, 0.3) is 11.8 Å². The molecule has 1 unspecified atom stereocenters. The second kappa shape index (κ2) is 8.42. The average molecular weight is 425 g/mol. The third kappa shape index (κ3) is 4.36. The normalized spacial score (nSPS) is 14.9. The molecule has 9 heteroatoms. The largest absolute Gasteiger partial charge is 0.497 e. The first-order valence-electron chi connectivity index (χ1n) is 9.16. The molecule has 1 aliphatic heterocycles. The Labute approximate surface area is 176 Å². The van der Waals surface area contributed by atoms with Crippen molar-refractivity contribution in [1.82, 2.24) is 4.98 Å². The summed E-state index contributed by atoms with van der Waals surface area (Å²) < 4.78 is 16.2. The molecule has 1 atom stereocenters. The molecule has 1 aliphatic rings. The molecule has 1 aromatic heterocycles. The highest BCUT2D eigenvalue weighted by molar-refractivity contribution is 7.14. The molecule has 2 aromatic carbocycles. The number of carbonyl (C=O) groups excluding carboxylic acids is 2. The van der Waals surface area contributed by atoms with Gasteiger partial charge in [0, 0.05) is 17.0 Å². The summed E-state index contributed by atoms with van der Waals surface area (Å²) in [5.74, 6) is 1.29. The van der Waals surface area contributed by atoms with Gasteiger partial charge in [0.05, 0.1) is 18.5 Å². The molecule has 2 heterocycles. The summed E-state index contributed by atoms with van der Waals surface area (Å²) in [4.78, 5) is 28.4. The van der Waals surface area contributed by atoms with Gasteiger partial charge in [-0.25, -0.2) is 4.98 Å². The standard InChI is InChI=1S/C21H19N3O5S/c1-12-20(26)22-16-8-13(6-7-18(16)29-12)17-11-30-21(23-17)24-19(25)10-28-15-5-3-4-14(9-15)27-2/h3-9,11-12H,10H2,1-2H3,(H,22,26)(H,23,24,25). The summed E-state index contributed by atoms with van der Waals surface area (Å²) in [6, 6.07) is 12.5. The molecule has 4 rings (SSSR count).